The first-order chi connectivity index (χ1) is 10.7. The van der Waals surface area contributed by atoms with E-state index in [-0.39, 0.29) is 0 Å². The van der Waals surface area contributed by atoms with E-state index in [9.17, 15) is 10.1 Å². The first kappa shape index (κ1) is 14.0. The second kappa shape index (κ2) is 5.82. The minimum absolute atomic E-state index is 0.406. The van der Waals surface area contributed by atoms with Gasteiger partial charge in [0.1, 0.15) is 0 Å². The number of carbonyl (C=O) groups is 1. The topological polar surface area (TPSA) is 95.9 Å². The van der Waals surface area contributed by atoms with Crippen molar-refractivity contribution in [1.82, 2.24) is 15.1 Å². The van der Waals surface area contributed by atoms with Gasteiger partial charge in [0.15, 0.2) is 6.19 Å². The summed E-state index contributed by atoms with van der Waals surface area (Å²) in [6.07, 6.45) is 2.67. The largest absolute Gasteiger partial charge is 0.369 e. The molecule has 0 saturated carbocycles. The lowest BCUT2D eigenvalue weighted by molar-refractivity contribution is -0.122. The summed E-state index contributed by atoms with van der Waals surface area (Å²) in [4.78, 5) is 13.1. The molecule has 1 aliphatic rings. The molecule has 2 aromatic rings. The quantitative estimate of drug-likeness (QED) is 0.864. The van der Waals surface area contributed by atoms with Crippen LogP contribution >= 0.6 is 0 Å². The van der Waals surface area contributed by atoms with Gasteiger partial charge < -0.3 is 10.6 Å². The second-order valence-electron chi connectivity index (χ2n) is 5.25. The molecule has 6 nitrogen and oxygen atoms in total. The van der Waals surface area contributed by atoms with Crippen LogP contribution in [-0.2, 0) is 4.79 Å². The number of nitriles is 1. The molecule has 1 saturated heterocycles. The Morgan fingerprint density at radius 2 is 2.00 bits per heavy atom. The van der Waals surface area contributed by atoms with Crippen molar-refractivity contribution in [3.05, 3.63) is 48.2 Å². The molecule has 2 atom stereocenters. The highest BCUT2D eigenvalue weighted by molar-refractivity contribution is 5.78. The molecule has 110 valence electrons. The van der Waals surface area contributed by atoms with E-state index in [0.717, 1.165) is 11.3 Å². The van der Waals surface area contributed by atoms with Crippen molar-refractivity contribution in [2.75, 3.05) is 6.54 Å². The van der Waals surface area contributed by atoms with Gasteiger partial charge in [-0.3, -0.25) is 4.79 Å². The van der Waals surface area contributed by atoms with Gasteiger partial charge in [0, 0.05) is 12.1 Å². The molecule has 2 heterocycles. The monoisotopic (exact) mass is 293 g/mol. The van der Waals surface area contributed by atoms with Gasteiger partial charge in [0.05, 0.1) is 23.3 Å². The molecule has 1 aliphatic heterocycles. The van der Waals surface area contributed by atoms with Crippen LogP contribution in [0.1, 0.15) is 18.2 Å². The second-order valence-corrected chi connectivity index (χ2v) is 5.25. The number of nitrogens with zero attached hydrogens (tertiary/aromatic N) is 4. The Bertz CT molecular complexity index is 708. The number of hydrogen-bond acceptors (Lipinski definition) is 5. The predicted octanol–water partition coefficient (Wildman–Crippen LogP) is 1.47. The van der Waals surface area contributed by atoms with Crippen LogP contribution in [0.2, 0.25) is 0 Å². The summed E-state index contributed by atoms with van der Waals surface area (Å²) in [7, 11) is 0. The van der Waals surface area contributed by atoms with Crippen molar-refractivity contribution >= 4 is 5.91 Å². The number of aromatic nitrogens is 2. The molecule has 3 rings (SSSR count). The maximum atomic E-state index is 11.6. The molecule has 1 aromatic heterocycles. The standard InChI is InChI=1S/C16H15N5O/c17-10-21-9-8-12(16(18)22)15(21)14-7-6-13(19-20-14)11-4-2-1-3-5-11/h1-7,12,15H,8-9H2,(H2,18,22). The average Bonchev–Trinajstić information content (AvgIpc) is 3.00. The Kier molecular flexibility index (Phi) is 3.71. The first-order valence-electron chi connectivity index (χ1n) is 7.05. The van der Waals surface area contributed by atoms with Crippen molar-refractivity contribution < 1.29 is 4.79 Å². The molecule has 0 bridgehead atoms. The third-order valence-electron chi connectivity index (χ3n) is 3.95. The summed E-state index contributed by atoms with van der Waals surface area (Å²) < 4.78 is 0. The minimum atomic E-state index is -0.417. The number of benzene rings is 1. The van der Waals surface area contributed by atoms with Gasteiger partial charge in [-0.15, -0.1) is 0 Å². The van der Waals surface area contributed by atoms with Gasteiger partial charge >= 0.3 is 0 Å². The summed E-state index contributed by atoms with van der Waals surface area (Å²) in [5, 5.41) is 17.6. The van der Waals surface area contributed by atoms with Crippen LogP contribution < -0.4 is 5.73 Å². The Balaban J connectivity index is 1.91. The van der Waals surface area contributed by atoms with Crippen LogP contribution in [0, 0.1) is 17.4 Å². The molecule has 0 spiro atoms. The summed E-state index contributed by atoms with van der Waals surface area (Å²) in [6.45, 7) is 0.511. The lowest BCUT2D eigenvalue weighted by Gasteiger charge is -2.21. The van der Waals surface area contributed by atoms with Crippen LogP contribution in [0.25, 0.3) is 11.3 Å². The van der Waals surface area contributed by atoms with Crippen LogP contribution in [0.5, 0.6) is 0 Å². The third kappa shape index (κ3) is 2.49. The van der Waals surface area contributed by atoms with E-state index in [2.05, 4.69) is 16.4 Å². The zero-order valence-corrected chi connectivity index (χ0v) is 11.9. The van der Waals surface area contributed by atoms with E-state index in [0.29, 0.717) is 18.7 Å². The van der Waals surface area contributed by atoms with Gasteiger partial charge in [-0.2, -0.15) is 15.5 Å². The summed E-state index contributed by atoms with van der Waals surface area (Å²) >= 11 is 0. The van der Waals surface area contributed by atoms with Crippen LogP contribution in [0.3, 0.4) is 0 Å². The van der Waals surface area contributed by atoms with Crippen molar-refractivity contribution in [2.24, 2.45) is 11.7 Å². The fourth-order valence-corrected chi connectivity index (χ4v) is 2.83. The number of carbonyl (C=O) groups excluding carboxylic acids is 1. The molecule has 1 fully saturated rings. The molecule has 0 aliphatic carbocycles. The van der Waals surface area contributed by atoms with Gasteiger partial charge in [-0.25, -0.2) is 0 Å². The van der Waals surface area contributed by atoms with E-state index < -0.39 is 17.9 Å². The Morgan fingerprint density at radius 1 is 1.23 bits per heavy atom. The molecule has 2 unspecified atom stereocenters. The van der Waals surface area contributed by atoms with Crippen LogP contribution in [0.15, 0.2) is 42.5 Å². The molecular formula is C16H15N5O. The first-order valence-corrected chi connectivity index (χ1v) is 7.05. The number of nitrogens with two attached hydrogens (primary N) is 1. The Hall–Kier alpha value is -2.94. The minimum Gasteiger partial charge on any atom is -0.369 e. The van der Waals surface area contributed by atoms with Crippen LogP contribution in [-0.4, -0.2) is 27.5 Å². The fourth-order valence-electron chi connectivity index (χ4n) is 2.83. The highest BCUT2D eigenvalue weighted by Gasteiger charge is 2.39. The number of likely N-dealkylation sites (tertiary alicyclic amines) is 1. The molecule has 0 radical (unpaired) electrons. The molecule has 22 heavy (non-hydrogen) atoms. The Labute approximate surface area is 128 Å². The fraction of sp³-hybridized carbons (Fsp3) is 0.250. The van der Waals surface area contributed by atoms with Crippen molar-refractivity contribution in [3.63, 3.8) is 0 Å². The summed E-state index contributed by atoms with van der Waals surface area (Å²) in [5.41, 5.74) is 7.76. The molecule has 1 amide bonds. The number of amides is 1. The van der Waals surface area contributed by atoms with E-state index in [1.807, 2.05) is 42.5 Å². The molecule has 1 aromatic carbocycles. The normalized spacial score (nSPS) is 20.6. The number of primary amides is 1. The highest BCUT2D eigenvalue weighted by atomic mass is 16.1. The van der Waals surface area contributed by atoms with Crippen molar-refractivity contribution in [1.29, 1.82) is 5.26 Å². The maximum Gasteiger partial charge on any atom is 0.223 e. The number of hydrogen-bond donors (Lipinski definition) is 1. The lowest BCUT2D eigenvalue weighted by Crippen LogP contribution is -2.30. The van der Waals surface area contributed by atoms with E-state index in [4.69, 9.17) is 5.73 Å². The SMILES string of the molecule is N#CN1CCC(C(N)=O)C1c1ccc(-c2ccccc2)nn1. The van der Waals surface area contributed by atoms with Gasteiger partial charge in [0.25, 0.3) is 0 Å². The summed E-state index contributed by atoms with van der Waals surface area (Å²) in [6, 6.07) is 13.0. The van der Waals surface area contributed by atoms with Crippen molar-refractivity contribution in [2.45, 2.75) is 12.5 Å². The zero-order valence-electron chi connectivity index (χ0n) is 11.9. The highest BCUT2D eigenvalue weighted by Crippen LogP contribution is 2.35. The zero-order chi connectivity index (χ0) is 15.5. The lowest BCUT2D eigenvalue weighted by atomic mass is 9.96. The van der Waals surface area contributed by atoms with E-state index >= 15 is 0 Å². The van der Waals surface area contributed by atoms with E-state index in [1.165, 1.54) is 0 Å². The number of rotatable bonds is 3. The third-order valence-corrected chi connectivity index (χ3v) is 3.95. The predicted molar refractivity (Wildman–Crippen MR) is 79.8 cm³/mol. The van der Waals surface area contributed by atoms with Gasteiger partial charge in [-0.1, -0.05) is 30.3 Å². The van der Waals surface area contributed by atoms with Gasteiger partial charge in [0.2, 0.25) is 5.91 Å². The van der Waals surface area contributed by atoms with E-state index in [1.54, 1.807) is 4.90 Å². The van der Waals surface area contributed by atoms with Crippen molar-refractivity contribution in [3.8, 4) is 17.5 Å². The summed E-state index contributed by atoms with van der Waals surface area (Å²) in [5.74, 6) is -0.812. The molecular weight excluding hydrogens is 278 g/mol. The maximum absolute atomic E-state index is 11.6. The Morgan fingerprint density at radius 3 is 2.59 bits per heavy atom. The molecule has 2 N–H and O–H groups in total. The molecule has 6 heteroatoms. The van der Waals surface area contributed by atoms with Gasteiger partial charge in [-0.05, 0) is 18.6 Å². The van der Waals surface area contributed by atoms with Crippen LogP contribution in [0.4, 0.5) is 0 Å². The average molecular weight is 293 g/mol. The smallest absolute Gasteiger partial charge is 0.223 e.